The number of esters is 1. The van der Waals surface area contributed by atoms with Crippen LogP contribution in [-0.4, -0.2) is 18.4 Å². The molecule has 0 bridgehead atoms. The summed E-state index contributed by atoms with van der Waals surface area (Å²) in [6.07, 6.45) is 0. The summed E-state index contributed by atoms with van der Waals surface area (Å²) in [5, 5.41) is 0. The molecule has 1 rings (SSSR count). The van der Waals surface area contributed by atoms with Crippen molar-refractivity contribution in [3.05, 3.63) is 35.9 Å². The lowest BCUT2D eigenvalue weighted by Crippen LogP contribution is -2.35. The second-order valence-electron chi connectivity index (χ2n) is 4.04. The summed E-state index contributed by atoms with van der Waals surface area (Å²) in [6.45, 7) is 5.17. The number of rotatable bonds is 4. The van der Waals surface area contributed by atoms with Gasteiger partial charge in [0.1, 0.15) is 5.41 Å². The number of benzene rings is 1. The molecule has 0 unspecified atom stereocenters. The molecule has 86 valence electrons. The zero-order valence-electron chi connectivity index (χ0n) is 9.82. The van der Waals surface area contributed by atoms with Gasteiger partial charge in [-0.05, 0) is 20.8 Å². The quantitative estimate of drug-likeness (QED) is 0.444. The molecule has 3 nitrogen and oxygen atoms in total. The number of hydrogen-bond donors (Lipinski definition) is 0. The minimum atomic E-state index is -1.13. The van der Waals surface area contributed by atoms with Gasteiger partial charge in [-0.1, -0.05) is 30.3 Å². The second kappa shape index (κ2) is 4.92. The highest BCUT2D eigenvalue weighted by molar-refractivity contribution is 6.11. The highest BCUT2D eigenvalue weighted by Crippen LogP contribution is 2.23. The standard InChI is InChI=1S/C13H16O3/c1-4-16-12(15)13(2,3)11(14)10-8-6-5-7-9-10/h5-9H,4H2,1-3H3. The maximum absolute atomic E-state index is 12.1. The topological polar surface area (TPSA) is 43.4 Å². The maximum Gasteiger partial charge on any atom is 0.319 e. The number of Topliss-reactive ketones (excluding diaryl/α,β-unsaturated/α-hetero) is 1. The fraction of sp³-hybridized carbons (Fsp3) is 0.385. The summed E-state index contributed by atoms with van der Waals surface area (Å²) in [4.78, 5) is 23.7. The molecule has 0 aliphatic rings. The van der Waals surface area contributed by atoms with Crippen molar-refractivity contribution in [2.45, 2.75) is 20.8 Å². The van der Waals surface area contributed by atoms with Crippen LogP contribution in [0.5, 0.6) is 0 Å². The van der Waals surface area contributed by atoms with Gasteiger partial charge in [-0.2, -0.15) is 0 Å². The van der Waals surface area contributed by atoms with E-state index in [1.807, 2.05) is 6.07 Å². The Morgan fingerprint density at radius 1 is 1.19 bits per heavy atom. The van der Waals surface area contributed by atoms with Crippen molar-refractivity contribution < 1.29 is 14.3 Å². The van der Waals surface area contributed by atoms with Crippen LogP contribution < -0.4 is 0 Å². The van der Waals surface area contributed by atoms with Gasteiger partial charge in [0.05, 0.1) is 6.61 Å². The summed E-state index contributed by atoms with van der Waals surface area (Å²) in [7, 11) is 0. The van der Waals surface area contributed by atoms with Gasteiger partial charge in [0.15, 0.2) is 5.78 Å². The molecular weight excluding hydrogens is 204 g/mol. The highest BCUT2D eigenvalue weighted by atomic mass is 16.5. The summed E-state index contributed by atoms with van der Waals surface area (Å²) >= 11 is 0. The molecule has 0 atom stereocenters. The lowest BCUT2D eigenvalue weighted by Gasteiger charge is -2.20. The first kappa shape index (κ1) is 12.4. The van der Waals surface area contributed by atoms with E-state index in [0.29, 0.717) is 5.56 Å². The van der Waals surface area contributed by atoms with E-state index in [9.17, 15) is 9.59 Å². The van der Waals surface area contributed by atoms with Gasteiger partial charge < -0.3 is 4.74 Å². The van der Waals surface area contributed by atoms with Crippen LogP contribution in [-0.2, 0) is 9.53 Å². The minimum Gasteiger partial charge on any atom is -0.465 e. The number of hydrogen-bond acceptors (Lipinski definition) is 3. The molecule has 0 spiro atoms. The normalized spacial score (nSPS) is 10.9. The summed E-state index contributed by atoms with van der Waals surface area (Å²) in [5.41, 5.74) is -0.599. The van der Waals surface area contributed by atoms with Crippen molar-refractivity contribution in [3.63, 3.8) is 0 Å². The van der Waals surface area contributed by atoms with E-state index in [-0.39, 0.29) is 12.4 Å². The molecule has 0 fully saturated rings. The van der Waals surface area contributed by atoms with E-state index in [1.165, 1.54) is 0 Å². The van der Waals surface area contributed by atoms with Gasteiger partial charge in [-0.3, -0.25) is 9.59 Å². The summed E-state index contributed by atoms with van der Waals surface area (Å²) in [6, 6.07) is 8.77. The number of carbonyl (C=O) groups is 2. The van der Waals surface area contributed by atoms with Gasteiger partial charge in [0, 0.05) is 5.56 Å². The lowest BCUT2D eigenvalue weighted by molar-refractivity contribution is -0.150. The molecular formula is C13H16O3. The largest absolute Gasteiger partial charge is 0.465 e. The Balaban J connectivity index is 2.92. The van der Waals surface area contributed by atoms with Crippen molar-refractivity contribution in [1.29, 1.82) is 0 Å². The smallest absolute Gasteiger partial charge is 0.319 e. The lowest BCUT2D eigenvalue weighted by atomic mass is 9.84. The first-order chi connectivity index (χ1) is 7.50. The van der Waals surface area contributed by atoms with Crippen LogP contribution in [0.15, 0.2) is 30.3 Å². The number of ether oxygens (including phenoxy) is 1. The predicted octanol–water partition coefficient (Wildman–Crippen LogP) is 2.46. The van der Waals surface area contributed by atoms with Crippen LogP contribution in [0, 0.1) is 5.41 Å². The van der Waals surface area contributed by atoms with E-state index < -0.39 is 11.4 Å². The van der Waals surface area contributed by atoms with Crippen LogP contribution >= 0.6 is 0 Å². The molecule has 3 heteroatoms. The van der Waals surface area contributed by atoms with Gasteiger partial charge in [0.25, 0.3) is 0 Å². The Kier molecular flexibility index (Phi) is 3.82. The fourth-order valence-electron chi connectivity index (χ4n) is 1.35. The molecule has 0 aliphatic carbocycles. The Morgan fingerprint density at radius 2 is 1.75 bits per heavy atom. The minimum absolute atomic E-state index is 0.216. The van der Waals surface area contributed by atoms with E-state index in [2.05, 4.69) is 0 Å². The first-order valence-corrected chi connectivity index (χ1v) is 5.27. The molecule has 1 aromatic carbocycles. The van der Waals surface area contributed by atoms with E-state index in [0.717, 1.165) is 0 Å². The molecule has 0 radical (unpaired) electrons. The van der Waals surface area contributed by atoms with Crippen molar-refractivity contribution in [1.82, 2.24) is 0 Å². The average molecular weight is 220 g/mol. The first-order valence-electron chi connectivity index (χ1n) is 5.27. The molecule has 0 N–H and O–H groups in total. The molecule has 0 aliphatic heterocycles. The Morgan fingerprint density at radius 3 is 2.25 bits per heavy atom. The Hall–Kier alpha value is -1.64. The van der Waals surface area contributed by atoms with Crippen molar-refractivity contribution >= 4 is 11.8 Å². The van der Waals surface area contributed by atoms with Crippen LogP contribution in [0.2, 0.25) is 0 Å². The second-order valence-corrected chi connectivity index (χ2v) is 4.04. The zero-order chi connectivity index (χ0) is 12.2. The number of carbonyl (C=O) groups excluding carboxylic acids is 2. The van der Waals surface area contributed by atoms with Crippen LogP contribution in [0.25, 0.3) is 0 Å². The van der Waals surface area contributed by atoms with E-state index >= 15 is 0 Å². The predicted molar refractivity (Wildman–Crippen MR) is 61.2 cm³/mol. The average Bonchev–Trinajstić information content (AvgIpc) is 2.29. The Bertz CT molecular complexity index is 379. The molecule has 1 aromatic rings. The Labute approximate surface area is 95.4 Å². The molecule has 0 saturated carbocycles. The van der Waals surface area contributed by atoms with Gasteiger partial charge in [-0.15, -0.1) is 0 Å². The summed E-state index contributed by atoms with van der Waals surface area (Å²) < 4.78 is 4.89. The highest BCUT2D eigenvalue weighted by Gasteiger charge is 2.37. The van der Waals surface area contributed by atoms with Crippen LogP contribution in [0.1, 0.15) is 31.1 Å². The number of ketones is 1. The third-order valence-corrected chi connectivity index (χ3v) is 2.39. The van der Waals surface area contributed by atoms with Crippen LogP contribution in [0.4, 0.5) is 0 Å². The molecule has 16 heavy (non-hydrogen) atoms. The third kappa shape index (κ3) is 2.48. The van der Waals surface area contributed by atoms with Crippen molar-refractivity contribution in [2.24, 2.45) is 5.41 Å². The summed E-state index contributed by atoms with van der Waals surface area (Å²) in [5.74, 6) is -0.699. The van der Waals surface area contributed by atoms with Gasteiger partial charge in [0.2, 0.25) is 0 Å². The third-order valence-electron chi connectivity index (χ3n) is 2.39. The zero-order valence-corrected chi connectivity index (χ0v) is 9.82. The fourth-order valence-corrected chi connectivity index (χ4v) is 1.35. The molecule has 0 saturated heterocycles. The van der Waals surface area contributed by atoms with Crippen molar-refractivity contribution in [2.75, 3.05) is 6.61 Å². The SMILES string of the molecule is CCOC(=O)C(C)(C)C(=O)c1ccccc1. The van der Waals surface area contributed by atoms with E-state index in [4.69, 9.17) is 4.74 Å². The van der Waals surface area contributed by atoms with Gasteiger partial charge in [-0.25, -0.2) is 0 Å². The van der Waals surface area contributed by atoms with Gasteiger partial charge >= 0.3 is 5.97 Å². The van der Waals surface area contributed by atoms with E-state index in [1.54, 1.807) is 45.0 Å². The van der Waals surface area contributed by atoms with Crippen molar-refractivity contribution in [3.8, 4) is 0 Å². The maximum atomic E-state index is 12.1. The molecule has 0 amide bonds. The van der Waals surface area contributed by atoms with Crippen LogP contribution in [0.3, 0.4) is 0 Å². The monoisotopic (exact) mass is 220 g/mol. The molecule has 0 heterocycles. The molecule has 0 aromatic heterocycles.